The number of rotatable bonds is 17. The molecule has 0 amide bonds. The normalized spacial score (nSPS) is 13.8. The first kappa shape index (κ1) is 73.9. The molecular weight excluding hydrogens is 1520 g/mol. The van der Waals surface area contributed by atoms with E-state index in [9.17, 15) is 0 Å². The van der Waals surface area contributed by atoms with E-state index in [0.29, 0.717) is 0 Å². The molecule has 20 aromatic rings. The molecule has 2 heteroatoms. The van der Waals surface area contributed by atoms with E-state index in [-0.39, 0.29) is 0 Å². The summed E-state index contributed by atoms with van der Waals surface area (Å²) >= 11 is 0. The summed E-state index contributed by atoms with van der Waals surface area (Å²) in [6.45, 7) is 0. The van der Waals surface area contributed by atoms with E-state index in [0.717, 1.165) is 67.5 Å². The van der Waals surface area contributed by atoms with Gasteiger partial charge in [0, 0.05) is 34.1 Å². The first-order valence-electron chi connectivity index (χ1n) is 43.9. The predicted molar refractivity (Wildman–Crippen MR) is 521 cm³/mol. The molecule has 0 heterocycles. The molecule has 590 valence electrons. The number of para-hydroxylation sites is 4. The van der Waals surface area contributed by atoms with Crippen LogP contribution in [0.5, 0.6) is 0 Å². The van der Waals surface area contributed by atoms with Crippen molar-refractivity contribution in [3.8, 4) is 77.9 Å². The van der Waals surface area contributed by atoms with Gasteiger partial charge in [-0.1, -0.05) is 400 Å². The summed E-state index contributed by atoms with van der Waals surface area (Å²) in [5.74, 6) is 0. The zero-order valence-electron chi connectivity index (χ0n) is 69.4. The number of nitrogens with zero attached hydrogens (tertiary/aromatic N) is 2. The molecule has 4 aliphatic rings. The van der Waals surface area contributed by atoms with Gasteiger partial charge in [0.15, 0.2) is 0 Å². The van der Waals surface area contributed by atoms with Crippen LogP contribution in [0.1, 0.15) is 89.0 Å². The number of benzene rings is 20. The fourth-order valence-corrected chi connectivity index (χ4v) is 22.5. The summed E-state index contributed by atoms with van der Waals surface area (Å²) in [5, 5.41) is 0. The second-order valence-electron chi connectivity index (χ2n) is 34.0. The highest BCUT2D eigenvalue weighted by Crippen LogP contribution is 2.64. The van der Waals surface area contributed by atoms with Gasteiger partial charge < -0.3 is 9.80 Å². The fraction of sp³-hybridized carbons (Fsp3) is 0.0323. The minimum Gasteiger partial charge on any atom is -0.310 e. The summed E-state index contributed by atoms with van der Waals surface area (Å²) in [4.78, 5) is 4.79. The maximum Gasteiger partial charge on any atom is 0.0714 e. The number of anilines is 6. The summed E-state index contributed by atoms with van der Waals surface area (Å²) in [5.41, 5.74) is 40.3. The van der Waals surface area contributed by atoms with E-state index >= 15 is 0 Å². The molecule has 20 aromatic carbocycles. The Bertz CT molecular complexity index is 6820. The van der Waals surface area contributed by atoms with E-state index < -0.39 is 21.7 Å². The molecular formula is C124H84N2. The van der Waals surface area contributed by atoms with Crippen molar-refractivity contribution in [3.63, 3.8) is 0 Å². The van der Waals surface area contributed by atoms with Gasteiger partial charge >= 0.3 is 0 Å². The van der Waals surface area contributed by atoms with Crippen LogP contribution in [0.15, 0.2) is 510 Å². The summed E-state index contributed by atoms with van der Waals surface area (Å²) in [6, 6.07) is 192. The van der Waals surface area contributed by atoms with Crippen LogP contribution in [-0.2, 0) is 21.7 Å². The molecule has 0 aromatic heterocycles. The van der Waals surface area contributed by atoms with E-state index in [1.165, 1.54) is 134 Å². The van der Waals surface area contributed by atoms with E-state index in [2.05, 4.69) is 519 Å². The van der Waals surface area contributed by atoms with Gasteiger partial charge in [-0.15, -0.1) is 0 Å². The lowest BCUT2D eigenvalue weighted by Gasteiger charge is -2.35. The average Bonchev–Trinajstić information content (AvgIpc) is 1.54. The highest BCUT2D eigenvalue weighted by Gasteiger charge is 2.52. The Morgan fingerprint density at radius 1 is 0.111 bits per heavy atom. The van der Waals surface area contributed by atoms with Gasteiger partial charge in [-0.25, -0.2) is 0 Å². The van der Waals surface area contributed by atoms with Gasteiger partial charge in [0.2, 0.25) is 0 Å². The highest BCUT2D eigenvalue weighted by molar-refractivity contribution is 5.98. The molecule has 0 saturated carbocycles. The van der Waals surface area contributed by atoms with E-state index in [4.69, 9.17) is 0 Å². The standard InChI is InChI=1S/C124H84N2/c1-13-37-91(38-14-1)121(92-39-15-2-16-40-92)113-77-85(61-69-105(113)107-71-63-87(79-115(107)121)89-65-73-109-111-75-67-103(125(99-53-29-9-30-54-99)100-55-31-10-32-56-100)83-119(111)123(117(109)81-89,95-45-21-5-22-46-95)96-47-23-6-24-48-96)86-62-70-106-108-72-64-88(80-116(108)122(114(106)78-86,93-41-17-3-18-42-93)94-43-19-4-20-44-94)90-66-74-110-112-76-68-104(126(101-57-33-11-34-58-101)102-59-35-12-36-60-102)84-120(112)124(118(110)82-90,97-49-25-7-26-50-97)98-51-27-8-28-52-98/h1-84H. The van der Waals surface area contributed by atoms with Crippen LogP contribution in [0.3, 0.4) is 0 Å². The maximum absolute atomic E-state index is 2.55. The summed E-state index contributed by atoms with van der Waals surface area (Å²) < 4.78 is 0. The molecule has 0 bridgehead atoms. The maximum atomic E-state index is 2.55. The van der Waals surface area contributed by atoms with Crippen LogP contribution in [0.4, 0.5) is 34.1 Å². The SMILES string of the molecule is c1ccc(N(c2ccccc2)c2ccc3c(c2)C(c2ccccc2)(c2ccccc2)c2cc(-c4ccc5c(c4)C(c4ccccc4)(c4ccccc4)c4cc(-c6ccc7c(c6)C(c6ccccc6)(c6ccccc6)c6cc(-c8ccc9c(c8)C(c8ccccc8)(c8ccccc8)c8cc(N(c%10ccccc%10)c%10ccccc%10)ccc8-9)ccc6-7)ccc4-5)ccc2-3)cc1. The highest BCUT2D eigenvalue weighted by atomic mass is 15.1. The Morgan fingerprint density at radius 3 is 0.405 bits per heavy atom. The molecule has 0 radical (unpaired) electrons. The second kappa shape index (κ2) is 30.0. The zero-order valence-corrected chi connectivity index (χ0v) is 69.4. The molecule has 2 nitrogen and oxygen atoms in total. The Morgan fingerprint density at radius 2 is 0.246 bits per heavy atom. The van der Waals surface area contributed by atoms with Crippen molar-refractivity contribution in [2.45, 2.75) is 21.7 Å². The third-order valence-corrected chi connectivity index (χ3v) is 27.7. The quantitative estimate of drug-likeness (QED) is 0.0896. The first-order chi connectivity index (χ1) is 62.5. The molecule has 4 aliphatic carbocycles. The molecule has 24 rings (SSSR count). The lowest BCUT2D eigenvalue weighted by atomic mass is 9.66. The van der Waals surface area contributed by atoms with Crippen LogP contribution in [-0.4, -0.2) is 0 Å². The molecule has 126 heavy (non-hydrogen) atoms. The molecule has 0 N–H and O–H groups in total. The van der Waals surface area contributed by atoms with Crippen molar-refractivity contribution in [1.82, 2.24) is 0 Å². The third-order valence-electron chi connectivity index (χ3n) is 27.7. The first-order valence-corrected chi connectivity index (χ1v) is 43.9. The summed E-state index contributed by atoms with van der Waals surface area (Å²) in [6.07, 6.45) is 0. The van der Waals surface area contributed by atoms with Crippen molar-refractivity contribution in [2.75, 3.05) is 9.80 Å². The van der Waals surface area contributed by atoms with Crippen LogP contribution in [0.25, 0.3) is 77.9 Å². The Labute approximate surface area is 736 Å². The van der Waals surface area contributed by atoms with Crippen molar-refractivity contribution < 1.29 is 0 Å². The van der Waals surface area contributed by atoms with Gasteiger partial charge in [-0.3, -0.25) is 0 Å². The molecule has 0 atom stereocenters. The zero-order chi connectivity index (χ0) is 83.3. The van der Waals surface area contributed by atoms with Crippen LogP contribution in [0.2, 0.25) is 0 Å². The van der Waals surface area contributed by atoms with Crippen LogP contribution in [0, 0.1) is 0 Å². The van der Waals surface area contributed by atoms with Crippen molar-refractivity contribution in [2.24, 2.45) is 0 Å². The molecule has 0 saturated heterocycles. The van der Waals surface area contributed by atoms with Crippen LogP contribution >= 0.6 is 0 Å². The largest absolute Gasteiger partial charge is 0.310 e. The van der Waals surface area contributed by atoms with E-state index in [1.54, 1.807) is 0 Å². The minimum absolute atomic E-state index is 0.690. The van der Waals surface area contributed by atoms with Crippen molar-refractivity contribution >= 4 is 34.1 Å². The average molecular weight is 1600 g/mol. The molecule has 0 unspecified atom stereocenters. The van der Waals surface area contributed by atoms with Crippen molar-refractivity contribution in [3.05, 3.63) is 599 Å². The van der Waals surface area contributed by atoms with Gasteiger partial charge in [0.1, 0.15) is 0 Å². The topological polar surface area (TPSA) is 6.48 Å². The Hall–Kier alpha value is -16.0. The molecule has 0 spiro atoms. The van der Waals surface area contributed by atoms with Gasteiger partial charge in [0.25, 0.3) is 0 Å². The number of hydrogen-bond donors (Lipinski definition) is 0. The third kappa shape index (κ3) is 11.2. The van der Waals surface area contributed by atoms with Gasteiger partial charge in [0.05, 0.1) is 21.7 Å². The lowest BCUT2D eigenvalue weighted by molar-refractivity contribution is 0.767. The fourth-order valence-electron chi connectivity index (χ4n) is 22.5. The van der Waals surface area contributed by atoms with Gasteiger partial charge in [-0.2, -0.15) is 0 Å². The minimum atomic E-state index is -0.734. The Kier molecular flexibility index (Phi) is 17.6. The van der Waals surface area contributed by atoms with Crippen LogP contribution < -0.4 is 9.80 Å². The Balaban J connectivity index is 0.656. The number of hydrogen-bond acceptors (Lipinski definition) is 2. The summed E-state index contributed by atoms with van der Waals surface area (Å²) in [7, 11) is 0. The number of fused-ring (bicyclic) bond motifs is 12. The molecule has 0 aliphatic heterocycles. The smallest absolute Gasteiger partial charge is 0.0714 e. The van der Waals surface area contributed by atoms with Gasteiger partial charge in [-0.05, 0) is 276 Å². The molecule has 0 fully saturated rings. The second-order valence-corrected chi connectivity index (χ2v) is 34.0. The van der Waals surface area contributed by atoms with Crippen molar-refractivity contribution in [1.29, 1.82) is 0 Å². The monoisotopic (exact) mass is 1600 g/mol. The van der Waals surface area contributed by atoms with E-state index in [1.807, 2.05) is 0 Å². The predicted octanol–water partition coefficient (Wildman–Crippen LogP) is 31.1. The lowest BCUT2D eigenvalue weighted by Crippen LogP contribution is -2.29.